The van der Waals surface area contributed by atoms with E-state index in [1.807, 2.05) is 38.1 Å². The lowest BCUT2D eigenvalue weighted by atomic mass is 10.5. The summed E-state index contributed by atoms with van der Waals surface area (Å²) in [6.45, 7) is 3.83. The zero-order valence-electron chi connectivity index (χ0n) is 7.78. The average Bonchev–Trinajstić information content (AvgIpc) is 2.63. The molecule has 3 heteroatoms. The van der Waals surface area contributed by atoms with Crippen LogP contribution >= 0.6 is 0 Å². The van der Waals surface area contributed by atoms with E-state index in [2.05, 4.69) is 0 Å². The predicted molar refractivity (Wildman–Crippen MR) is 50.5 cm³/mol. The van der Waals surface area contributed by atoms with Crippen LogP contribution in [0.4, 0.5) is 0 Å². The predicted octanol–water partition coefficient (Wildman–Crippen LogP) is 2.35. The molecule has 0 amide bonds. The number of hydrogen-bond acceptors (Lipinski definition) is 2. The zero-order chi connectivity index (χ0) is 8.81. The van der Waals surface area contributed by atoms with Gasteiger partial charge in [-0.15, -0.1) is 0 Å². The Morgan fingerprint density at radius 1 is 0.846 bits per heavy atom. The highest BCUT2D eigenvalue weighted by atomic mass is 16.3. The minimum absolute atomic E-state index is 0. The molecule has 13 heavy (non-hydrogen) atoms. The Kier molecular flexibility index (Phi) is 5.39. The maximum atomic E-state index is 4.83. The lowest BCUT2D eigenvalue weighted by molar-refractivity contribution is 0.534. The number of hydrogen-bond donors (Lipinski definition) is 0. The smallest absolute Gasteiger partial charge is 0.100 e. The molecule has 0 saturated heterocycles. The van der Waals surface area contributed by atoms with E-state index >= 15 is 0 Å². The molecule has 0 radical (unpaired) electrons. The molecule has 2 aromatic heterocycles. The summed E-state index contributed by atoms with van der Waals surface area (Å²) in [6, 6.07) is 7.57. The van der Waals surface area contributed by atoms with Crippen molar-refractivity contribution in [2.45, 2.75) is 13.8 Å². The van der Waals surface area contributed by atoms with E-state index in [0.29, 0.717) is 0 Å². The summed E-state index contributed by atoms with van der Waals surface area (Å²) in [7, 11) is 0. The van der Waals surface area contributed by atoms with Gasteiger partial charge in [-0.2, -0.15) is 0 Å². The number of aryl methyl sites for hydroxylation is 2. The summed E-state index contributed by atoms with van der Waals surface area (Å²) in [4.78, 5) is 0. The van der Waals surface area contributed by atoms with Gasteiger partial charge in [0.15, 0.2) is 0 Å². The summed E-state index contributed by atoms with van der Waals surface area (Å²) >= 11 is 0. The fourth-order valence-corrected chi connectivity index (χ4v) is 0.721. The molecule has 2 aromatic rings. The van der Waals surface area contributed by atoms with E-state index < -0.39 is 0 Å². The Morgan fingerprint density at radius 3 is 1.31 bits per heavy atom. The monoisotopic (exact) mass is 182 g/mol. The molecule has 72 valence electrons. The first-order chi connectivity index (χ1) is 5.79. The largest absolute Gasteiger partial charge is 0.470 e. The van der Waals surface area contributed by atoms with E-state index in [1.54, 1.807) is 12.5 Å². The molecule has 2 rings (SSSR count). The molecule has 0 fully saturated rings. The minimum atomic E-state index is 0. The summed E-state index contributed by atoms with van der Waals surface area (Å²) in [5.74, 6) is 1.94. The molecule has 0 saturated carbocycles. The van der Waals surface area contributed by atoms with E-state index in [9.17, 15) is 0 Å². The van der Waals surface area contributed by atoms with Gasteiger partial charge in [-0.05, 0) is 38.1 Å². The summed E-state index contributed by atoms with van der Waals surface area (Å²) in [5.41, 5.74) is 0. The van der Waals surface area contributed by atoms with E-state index in [-0.39, 0.29) is 5.48 Å². The summed E-state index contributed by atoms with van der Waals surface area (Å²) in [6.07, 6.45) is 3.32. The van der Waals surface area contributed by atoms with Crippen LogP contribution in [0.2, 0.25) is 0 Å². The van der Waals surface area contributed by atoms with Crippen LogP contribution in [0.1, 0.15) is 11.5 Å². The highest BCUT2D eigenvalue weighted by molar-refractivity contribution is 4.94. The lowest BCUT2D eigenvalue weighted by Gasteiger charge is -1.69. The molecular weight excluding hydrogens is 168 g/mol. The van der Waals surface area contributed by atoms with Crippen LogP contribution in [0.3, 0.4) is 0 Å². The Balaban J connectivity index is 0.000000206. The van der Waals surface area contributed by atoms with Crippen LogP contribution in [0.25, 0.3) is 0 Å². The third-order valence-electron chi connectivity index (χ3n) is 1.33. The third kappa shape index (κ3) is 4.87. The quantitative estimate of drug-likeness (QED) is 0.627. The van der Waals surface area contributed by atoms with Gasteiger partial charge in [0.05, 0.1) is 12.5 Å². The van der Waals surface area contributed by atoms with E-state index in [0.717, 1.165) is 11.5 Å². The van der Waals surface area contributed by atoms with Crippen LogP contribution in [-0.2, 0) is 0 Å². The van der Waals surface area contributed by atoms with Crippen LogP contribution < -0.4 is 0 Å². The molecule has 0 bridgehead atoms. The molecular formula is C10H14O3. The fourth-order valence-electron chi connectivity index (χ4n) is 0.721. The normalized spacial score (nSPS) is 8.15. The van der Waals surface area contributed by atoms with Crippen molar-refractivity contribution in [1.82, 2.24) is 0 Å². The number of furan rings is 2. The van der Waals surface area contributed by atoms with E-state index in [4.69, 9.17) is 8.83 Å². The van der Waals surface area contributed by atoms with Crippen molar-refractivity contribution in [2.75, 3.05) is 0 Å². The third-order valence-corrected chi connectivity index (χ3v) is 1.33. The maximum absolute atomic E-state index is 4.83. The van der Waals surface area contributed by atoms with Gasteiger partial charge in [-0.3, -0.25) is 0 Å². The van der Waals surface area contributed by atoms with Gasteiger partial charge >= 0.3 is 0 Å². The van der Waals surface area contributed by atoms with Crippen molar-refractivity contribution in [3.05, 3.63) is 48.3 Å². The second-order valence-electron chi connectivity index (χ2n) is 2.45. The molecule has 0 unspecified atom stereocenters. The van der Waals surface area contributed by atoms with Gasteiger partial charge in [-0.25, -0.2) is 0 Å². The molecule has 0 aliphatic carbocycles. The Hall–Kier alpha value is -1.48. The van der Waals surface area contributed by atoms with Crippen molar-refractivity contribution in [2.24, 2.45) is 0 Å². The Morgan fingerprint density at radius 2 is 1.23 bits per heavy atom. The van der Waals surface area contributed by atoms with Crippen molar-refractivity contribution in [3.63, 3.8) is 0 Å². The van der Waals surface area contributed by atoms with Crippen molar-refractivity contribution in [3.8, 4) is 0 Å². The molecule has 2 N–H and O–H groups in total. The number of rotatable bonds is 0. The Bertz CT molecular complexity index is 250. The van der Waals surface area contributed by atoms with E-state index in [1.165, 1.54) is 0 Å². The summed E-state index contributed by atoms with van der Waals surface area (Å²) in [5, 5.41) is 0. The highest BCUT2D eigenvalue weighted by Crippen LogP contribution is 1.93. The van der Waals surface area contributed by atoms with Gasteiger partial charge in [0.25, 0.3) is 0 Å². The van der Waals surface area contributed by atoms with Gasteiger partial charge < -0.3 is 14.3 Å². The standard InChI is InChI=1S/2C5H6O.H2O/c2*1-5-3-2-4-6-5;/h2*2-4H,1H3;1H2. The average molecular weight is 182 g/mol. The molecule has 0 atom stereocenters. The zero-order valence-corrected chi connectivity index (χ0v) is 7.78. The van der Waals surface area contributed by atoms with Gasteiger partial charge in [0.2, 0.25) is 0 Å². The van der Waals surface area contributed by atoms with Gasteiger partial charge in [0.1, 0.15) is 11.5 Å². The highest BCUT2D eigenvalue weighted by Gasteiger charge is 1.76. The summed E-state index contributed by atoms with van der Waals surface area (Å²) < 4.78 is 9.67. The van der Waals surface area contributed by atoms with Crippen molar-refractivity contribution in [1.29, 1.82) is 0 Å². The molecule has 3 nitrogen and oxygen atoms in total. The first kappa shape index (κ1) is 11.5. The second-order valence-corrected chi connectivity index (χ2v) is 2.45. The van der Waals surface area contributed by atoms with Crippen LogP contribution in [0, 0.1) is 13.8 Å². The van der Waals surface area contributed by atoms with Crippen LogP contribution in [-0.4, -0.2) is 5.48 Å². The first-order valence-electron chi connectivity index (χ1n) is 3.79. The Labute approximate surface area is 77.3 Å². The minimum Gasteiger partial charge on any atom is -0.470 e. The molecule has 2 heterocycles. The van der Waals surface area contributed by atoms with Crippen molar-refractivity contribution >= 4 is 0 Å². The maximum Gasteiger partial charge on any atom is 0.100 e. The van der Waals surface area contributed by atoms with Crippen LogP contribution in [0.15, 0.2) is 45.6 Å². The topological polar surface area (TPSA) is 57.8 Å². The lowest BCUT2D eigenvalue weighted by Crippen LogP contribution is -1.48. The van der Waals surface area contributed by atoms with Gasteiger partial charge in [0, 0.05) is 0 Å². The SMILES string of the molecule is Cc1ccco1.Cc1ccco1.O. The molecule has 0 spiro atoms. The second kappa shape index (κ2) is 6.08. The first-order valence-corrected chi connectivity index (χ1v) is 3.79. The fraction of sp³-hybridized carbons (Fsp3) is 0.200. The molecule has 0 aliphatic rings. The molecule has 0 aliphatic heterocycles. The van der Waals surface area contributed by atoms with Gasteiger partial charge in [-0.1, -0.05) is 0 Å². The van der Waals surface area contributed by atoms with Crippen molar-refractivity contribution < 1.29 is 14.3 Å². The molecule has 0 aromatic carbocycles. The van der Waals surface area contributed by atoms with Crippen LogP contribution in [0.5, 0.6) is 0 Å².